The van der Waals surface area contributed by atoms with Crippen LogP contribution in [0.1, 0.15) is 63.2 Å². The van der Waals surface area contributed by atoms with Crippen LogP contribution in [0, 0.1) is 0 Å². The van der Waals surface area contributed by atoms with Crippen molar-refractivity contribution in [3.05, 3.63) is 63.4 Å². The van der Waals surface area contributed by atoms with E-state index in [-0.39, 0.29) is 5.91 Å². The predicted molar refractivity (Wildman–Crippen MR) is 122 cm³/mol. The molecule has 0 bridgehead atoms. The van der Waals surface area contributed by atoms with Gasteiger partial charge in [-0.25, -0.2) is 4.98 Å². The zero-order valence-electron chi connectivity index (χ0n) is 18.3. The average molecular weight is 440 g/mol. The lowest BCUT2D eigenvalue weighted by Crippen LogP contribution is -2.30. The van der Waals surface area contributed by atoms with E-state index in [1.54, 1.807) is 31.8 Å². The van der Waals surface area contributed by atoms with Crippen LogP contribution in [0.2, 0.25) is 0 Å². The van der Waals surface area contributed by atoms with Crippen LogP contribution >= 0.6 is 11.3 Å². The number of benzene rings is 1. The summed E-state index contributed by atoms with van der Waals surface area (Å²) in [7, 11) is 5.16. The van der Waals surface area contributed by atoms with Gasteiger partial charge in [-0.05, 0) is 55.0 Å². The summed E-state index contributed by atoms with van der Waals surface area (Å²) >= 11 is 1.63. The molecule has 31 heavy (non-hydrogen) atoms. The Morgan fingerprint density at radius 3 is 2.42 bits per heavy atom. The summed E-state index contributed by atoms with van der Waals surface area (Å²) in [5.41, 5.74) is 2.19. The first-order valence-corrected chi connectivity index (χ1v) is 11.5. The molecule has 0 spiro atoms. The van der Waals surface area contributed by atoms with Crippen LogP contribution in [0.5, 0.6) is 11.5 Å². The normalized spacial score (nSPS) is 14.8. The van der Waals surface area contributed by atoms with Crippen molar-refractivity contribution < 1.29 is 14.3 Å². The Balaban J connectivity index is 1.67. The SMILES string of the molecule is COc1cc(OC)cc(C(NC(=O)c2cc3c(s2)CCCCCC3)c2nccn2C)c1. The van der Waals surface area contributed by atoms with Gasteiger partial charge in [-0.15, -0.1) is 11.3 Å². The first-order chi connectivity index (χ1) is 15.1. The largest absolute Gasteiger partial charge is 0.497 e. The highest BCUT2D eigenvalue weighted by atomic mass is 32.1. The molecule has 1 N–H and O–H groups in total. The zero-order valence-corrected chi connectivity index (χ0v) is 19.1. The van der Waals surface area contributed by atoms with Gasteiger partial charge in [0.15, 0.2) is 0 Å². The Morgan fingerprint density at radius 1 is 1.06 bits per heavy atom. The summed E-state index contributed by atoms with van der Waals surface area (Å²) in [6.07, 6.45) is 10.7. The minimum atomic E-state index is -0.429. The van der Waals surface area contributed by atoms with Crippen molar-refractivity contribution in [3.63, 3.8) is 0 Å². The summed E-state index contributed by atoms with van der Waals surface area (Å²) < 4.78 is 12.8. The number of carbonyl (C=O) groups excluding carboxylic acids is 1. The third kappa shape index (κ3) is 4.77. The molecule has 2 aromatic heterocycles. The van der Waals surface area contributed by atoms with Crippen LogP contribution < -0.4 is 14.8 Å². The molecule has 2 heterocycles. The molecule has 0 fully saturated rings. The van der Waals surface area contributed by atoms with Crippen molar-refractivity contribution >= 4 is 17.2 Å². The summed E-state index contributed by atoms with van der Waals surface area (Å²) in [6.45, 7) is 0. The highest BCUT2D eigenvalue weighted by Crippen LogP contribution is 2.32. The number of aromatic nitrogens is 2. The Bertz CT molecular complexity index is 1010. The fraction of sp³-hybridized carbons (Fsp3) is 0.417. The van der Waals surface area contributed by atoms with E-state index in [0.29, 0.717) is 11.5 Å². The van der Waals surface area contributed by atoms with Gasteiger partial charge in [-0.2, -0.15) is 0 Å². The van der Waals surface area contributed by atoms with Gasteiger partial charge in [-0.1, -0.05) is 12.8 Å². The number of amides is 1. The number of nitrogens with zero attached hydrogens (tertiary/aromatic N) is 2. The van der Waals surface area contributed by atoms with E-state index in [9.17, 15) is 4.79 Å². The highest BCUT2D eigenvalue weighted by Gasteiger charge is 2.24. The maximum absolute atomic E-state index is 13.3. The molecule has 3 aromatic rings. The van der Waals surface area contributed by atoms with Crippen LogP contribution in [-0.4, -0.2) is 29.7 Å². The predicted octanol–water partition coefficient (Wildman–Crippen LogP) is 4.68. The number of nitrogens with one attached hydrogen (secondary N) is 1. The molecule has 1 aliphatic carbocycles. The van der Waals surface area contributed by atoms with Crippen LogP contribution in [0.3, 0.4) is 0 Å². The Morgan fingerprint density at radius 2 is 1.77 bits per heavy atom. The van der Waals surface area contributed by atoms with E-state index in [4.69, 9.17) is 9.47 Å². The number of rotatable bonds is 6. The smallest absolute Gasteiger partial charge is 0.262 e. The number of aryl methyl sites for hydroxylation is 3. The molecule has 7 heteroatoms. The number of imidazole rings is 1. The topological polar surface area (TPSA) is 65.4 Å². The van der Waals surface area contributed by atoms with Crippen LogP contribution in [0.4, 0.5) is 0 Å². The van der Waals surface area contributed by atoms with Crippen LogP contribution in [-0.2, 0) is 19.9 Å². The van der Waals surface area contributed by atoms with Crippen molar-refractivity contribution in [2.24, 2.45) is 7.05 Å². The maximum Gasteiger partial charge on any atom is 0.262 e. The average Bonchev–Trinajstić information content (AvgIpc) is 3.37. The first kappa shape index (κ1) is 21.4. The first-order valence-electron chi connectivity index (χ1n) is 10.7. The third-order valence-electron chi connectivity index (χ3n) is 5.82. The van der Waals surface area contributed by atoms with Crippen molar-refractivity contribution in [1.29, 1.82) is 0 Å². The molecule has 4 rings (SSSR count). The van der Waals surface area contributed by atoms with Crippen LogP contribution in [0.25, 0.3) is 0 Å². The van der Waals surface area contributed by atoms with Gasteiger partial charge in [-0.3, -0.25) is 4.79 Å². The minimum absolute atomic E-state index is 0.0773. The van der Waals surface area contributed by atoms with Gasteiger partial charge in [0, 0.05) is 30.4 Å². The molecule has 1 aliphatic rings. The number of fused-ring (bicyclic) bond motifs is 1. The lowest BCUT2D eigenvalue weighted by molar-refractivity contribution is 0.0945. The van der Waals surface area contributed by atoms with E-state index in [1.165, 1.54) is 36.1 Å². The fourth-order valence-corrected chi connectivity index (χ4v) is 5.26. The number of hydrogen-bond donors (Lipinski definition) is 1. The number of ether oxygens (including phenoxy) is 2. The van der Waals surface area contributed by atoms with E-state index in [0.717, 1.165) is 29.1 Å². The Kier molecular flexibility index (Phi) is 6.61. The molecular weight excluding hydrogens is 410 g/mol. The molecule has 1 unspecified atom stereocenters. The molecule has 1 aromatic carbocycles. The molecule has 164 valence electrons. The monoisotopic (exact) mass is 439 g/mol. The van der Waals surface area contributed by atoms with E-state index < -0.39 is 6.04 Å². The summed E-state index contributed by atoms with van der Waals surface area (Å²) in [5.74, 6) is 2.01. The third-order valence-corrected chi connectivity index (χ3v) is 7.06. The summed E-state index contributed by atoms with van der Waals surface area (Å²) in [6, 6.07) is 7.30. The molecule has 1 amide bonds. The standard InChI is InChI=1S/C24H29N3O3S/c1-27-11-10-25-23(27)22(17-12-18(29-2)15-19(13-17)30-3)26-24(28)21-14-16-8-6-4-5-7-9-20(16)31-21/h10-15,22H,4-9H2,1-3H3,(H,26,28). The van der Waals surface area contributed by atoms with Crippen molar-refractivity contribution in [1.82, 2.24) is 14.9 Å². The van der Waals surface area contributed by atoms with E-state index >= 15 is 0 Å². The van der Waals surface area contributed by atoms with Gasteiger partial charge in [0.2, 0.25) is 0 Å². The van der Waals surface area contributed by atoms with Crippen LogP contribution in [0.15, 0.2) is 36.7 Å². The zero-order chi connectivity index (χ0) is 21.8. The summed E-state index contributed by atoms with van der Waals surface area (Å²) in [4.78, 5) is 20.0. The van der Waals surface area contributed by atoms with Crippen molar-refractivity contribution in [2.75, 3.05) is 14.2 Å². The van der Waals surface area contributed by atoms with Gasteiger partial charge < -0.3 is 19.4 Å². The Hall–Kier alpha value is -2.80. The van der Waals surface area contributed by atoms with E-state index in [1.807, 2.05) is 36.0 Å². The molecule has 1 atom stereocenters. The molecule has 0 saturated carbocycles. The highest BCUT2D eigenvalue weighted by molar-refractivity contribution is 7.14. The second kappa shape index (κ2) is 9.56. The quantitative estimate of drug-likeness (QED) is 0.606. The van der Waals surface area contributed by atoms with Gasteiger partial charge in [0.25, 0.3) is 5.91 Å². The molecular formula is C24H29N3O3S. The maximum atomic E-state index is 13.3. The number of hydrogen-bond acceptors (Lipinski definition) is 5. The Labute approximate surface area is 187 Å². The number of methoxy groups -OCH3 is 2. The van der Waals surface area contributed by atoms with Gasteiger partial charge in [0.05, 0.1) is 19.1 Å². The van der Waals surface area contributed by atoms with Gasteiger partial charge in [0.1, 0.15) is 23.4 Å². The molecule has 0 radical (unpaired) electrons. The lowest BCUT2D eigenvalue weighted by atomic mass is 9.99. The van der Waals surface area contributed by atoms with Crippen molar-refractivity contribution in [3.8, 4) is 11.5 Å². The molecule has 6 nitrogen and oxygen atoms in total. The second-order valence-electron chi connectivity index (χ2n) is 7.92. The minimum Gasteiger partial charge on any atom is -0.497 e. The van der Waals surface area contributed by atoms with Crippen molar-refractivity contribution in [2.45, 2.75) is 44.6 Å². The number of carbonyl (C=O) groups is 1. The lowest BCUT2D eigenvalue weighted by Gasteiger charge is -2.20. The fourth-order valence-electron chi connectivity index (χ4n) is 4.11. The summed E-state index contributed by atoms with van der Waals surface area (Å²) in [5, 5.41) is 3.21. The molecule has 0 saturated heterocycles. The van der Waals surface area contributed by atoms with E-state index in [2.05, 4.69) is 16.4 Å². The second-order valence-corrected chi connectivity index (χ2v) is 9.06. The van der Waals surface area contributed by atoms with Gasteiger partial charge >= 0.3 is 0 Å². The number of thiophene rings is 1. The molecule has 0 aliphatic heterocycles.